The molecule has 120 valence electrons. The minimum atomic E-state index is 0. The van der Waals surface area contributed by atoms with E-state index in [2.05, 4.69) is 40.0 Å². The smallest absolute Gasteiger partial charge is 0.223 e. The molecule has 0 bridgehead atoms. The number of para-hydroxylation sites is 1. The Kier molecular flexibility index (Phi) is 6.28. The first-order chi connectivity index (χ1) is 10.3. The number of rotatable bonds is 5. The molecule has 1 amide bonds. The third-order valence-electron chi connectivity index (χ3n) is 4.31. The van der Waals surface area contributed by atoms with E-state index in [0.717, 1.165) is 45.3 Å². The number of fused-ring (bicyclic) bond motifs is 1. The number of hydrogen-bond donors (Lipinski definition) is 3. The number of amides is 1. The van der Waals surface area contributed by atoms with Crippen molar-refractivity contribution in [3.63, 3.8) is 0 Å². The molecule has 0 saturated carbocycles. The molecule has 1 aromatic heterocycles. The van der Waals surface area contributed by atoms with E-state index in [4.69, 9.17) is 0 Å². The maximum Gasteiger partial charge on any atom is 0.223 e. The van der Waals surface area contributed by atoms with Gasteiger partial charge >= 0.3 is 0 Å². The van der Waals surface area contributed by atoms with Gasteiger partial charge in [0.2, 0.25) is 5.91 Å². The summed E-state index contributed by atoms with van der Waals surface area (Å²) >= 11 is 0. The van der Waals surface area contributed by atoms with Gasteiger partial charge in [-0.05, 0) is 50.4 Å². The molecule has 0 aliphatic carbocycles. The molecule has 0 atom stereocenters. The molecule has 1 saturated heterocycles. The molecule has 1 aliphatic heterocycles. The number of piperidine rings is 1. The van der Waals surface area contributed by atoms with Gasteiger partial charge in [0.15, 0.2) is 0 Å². The number of nitrogens with one attached hydrogen (secondary N) is 3. The minimum absolute atomic E-state index is 0. The molecule has 3 rings (SSSR count). The van der Waals surface area contributed by atoms with Crippen LogP contribution in [0.1, 0.15) is 24.8 Å². The first-order valence-corrected chi connectivity index (χ1v) is 7.88. The van der Waals surface area contributed by atoms with Gasteiger partial charge in [0.1, 0.15) is 0 Å². The first-order valence-electron chi connectivity index (χ1n) is 7.88. The average molecular weight is 322 g/mol. The Balaban J connectivity index is 0.00000176. The second-order valence-electron chi connectivity index (χ2n) is 5.78. The lowest BCUT2D eigenvalue weighted by atomic mass is 9.97. The SMILES string of the molecule is Cl.O=C(NCCCc1c[nH]c2ccccc12)C1CCNCC1. The summed E-state index contributed by atoms with van der Waals surface area (Å²) in [6, 6.07) is 8.35. The van der Waals surface area contributed by atoms with Crippen LogP contribution in [0.4, 0.5) is 0 Å². The highest BCUT2D eigenvalue weighted by molar-refractivity contribution is 5.85. The van der Waals surface area contributed by atoms with Gasteiger partial charge in [0.25, 0.3) is 0 Å². The Hall–Kier alpha value is -1.52. The molecule has 2 heterocycles. The molecule has 1 fully saturated rings. The number of aromatic amines is 1. The largest absolute Gasteiger partial charge is 0.361 e. The summed E-state index contributed by atoms with van der Waals surface area (Å²) < 4.78 is 0. The quantitative estimate of drug-likeness (QED) is 0.742. The molecule has 0 radical (unpaired) electrons. The van der Waals surface area contributed by atoms with Crippen molar-refractivity contribution in [3.05, 3.63) is 36.0 Å². The molecule has 5 heteroatoms. The average Bonchev–Trinajstić information content (AvgIpc) is 2.95. The van der Waals surface area contributed by atoms with Gasteiger partial charge in [-0.25, -0.2) is 0 Å². The van der Waals surface area contributed by atoms with Crippen molar-refractivity contribution in [1.29, 1.82) is 0 Å². The number of benzene rings is 1. The van der Waals surface area contributed by atoms with Gasteiger partial charge in [-0.15, -0.1) is 12.4 Å². The number of hydrogen-bond acceptors (Lipinski definition) is 2. The third-order valence-corrected chi connectivity index (χ3v) is 4.31. The van der Waals surface area contributed by atoms with Crippen molar-refractivity contribution < 1.29 is 4.79 Å². The van der Waals surface area contributed by atoms with Crippen LogP contribution in [0.15, 0.2) is 30.5 Å². The van der Waals surface area contributed by atoms with Crippen LogP contribution in [0.2, 0.25) is 0 Å². The van der Waals surface area contributed by atoms with E-state index in [-0.39, 0.29) is 24.2 Å². The van der Waals surface area contributed by atoms with E-state index in [9.17, 15) is 4.79 Å². The van der Waals surface area contributed by atoms with E-state index in [0.29, 0.717) is 0 Å². The van der Waals surface area contributed by atoms with E-state index >= 15 is 0 Å². The van der Waals surface area contributed by atoms with E-state index < -0.39 is 0 Å². The van der Waals surface area contributed by atoms with Crippen LogP contribution in [-0.4, -0.2) is 30.5 Å². The summed E-state index contributed by atoms with van der Waals surface area (Å²) in [7, 11) is 0. The minimum Gasteiger partial charge on any atom is -0.361 e. The van der Waals surface area contributed by atoms with Crippen LogP contribution in [0.25, 0.3) is 10.9 Å². The maximum absolute atomic E-state index is 12.0. The van der Waals surface area contributed by atoms with Crippen LogP contribution in [-0.2, 0) is 11.2 Å². The summed E-state index contributed by atoms with van der Waals surface area (Å²) in [5.74, 6) is 0.440. The van der Waals surface area contributed by atoms with Crippen molar-refractivity contribution in [2.24, 2.45) is 5.92 Å². The highest BCUT2D eigenvalue weighted by Gasteiger charge is 2.20. The Morgan fingerprint density at radius 2 is 2.00 bits per heavy atom. The standard InChI is InChI=1S/C17H23N3O.ClH/c21-17(13-7-10-18-11-8-13)19-9-3-4-14-12-20-16-6-2-1-5-15(14)16;/h1-2,5-6,12-13,18,20H,3-4,7-11H2,(H,19,21);1H. The summed E-state index contributed by atoms with van der Waals surface area (Å²) in [5.41, 5.74) is 2.52. The Morgan fingerprint density at radius 3 is 2.82 bits per heavy atom. The van der Waals surface area contributed by atoms with Gasteiger partial charge in [-0.3, -0.25) is 4.79 Å². The number of aryl methyl sites for hydroxylation is 1. The van der Waals surface area contributed by atoms with E-state index in [1.807, 2.05) is 6.07 Å². The highest BCUT2D eigenvalue weighted by atomic mass is 35.5. The van der Waals surface area contributed by atoms with Gasteiger partial charge in [-0.2, -0.15) is 0 Å². The highest BCUT2D eigenvalue weighted by Crippen LogP contribution is 2.18. The number of halogens is 1. The molecule has 1 aromatic carbocycles. The van der Waals surface area contributed by atoms with Crippen LogP contribution >= 0.6 is 12.4 Å². The first kappa shape index (κ1) is 16.8. The summed E-state index contributed by atoms with van der Waals surface area (Å²) in [5, 5.41) is 7.67. The molecular formula is C17H24ClN3O. The second kappa shape index (κ2) is 8.20. The zero-order valence-electron chi connectivity index (χ0n) is 12.7. The molecule has 22 heavy (non-hydrogen) atoms. The van der Waals surface area contributed by atoms with Crippen molar-refractivity contribution >= 4 is 29.2 Å². The molecule has 1 aliphatic rings. The number of carbonyl (C=O) groups excluding carboxylic acids is 1. The van der Waals surface area contributed by atoms with Crippen LogP contribution < -0.4 is 10.6 Å². The van der Waals surface area contributed by atoms with E-state index in [1.54, 1.807) is 0 Å². The molecule has 2 aromatic rings. The summed E-state index contributed by atoms with van der Waals surface area (Å²) in [4.78, 5) is 15.3. The topological polar surface area (TPSA) is 56.9 Å². The van der Waals surface area contributed by atoms with Crippen LogP contribution in [0, 0.1) is 5.92 Å². The fraction of sp³-hybridized carbons (Fsp3) is 0.471. The second-order valence-corrected chi connectivity index (χ2v) is 5.78. The Morgan fingerprint density at radius 1 is 1.23 bits per heavy atom. The molecule has 3 N–H and O–H groups in total. The lowest BCUT2D eigenvalue weighted by Crippen LogP contribution is -2.38. The lowest BCUT2D eigenvalue weighted by molar-refractivity contribution is -0.125. The van der Waals surface area contributed by atoms with Crippen molar-refractivity contribution in [3.8, 4) is 0 Å². The molecule has 0 unspecified atom stereocenters. The summed E-state index contributed by atoms with van der Waals surface area (Å²) in [6.07, 6.45) is 6.00. The monoisotopic (exact) mass is 321 g/mol. The predicted octanol–water partition coefficient (Wildman–Crippen LogP) is 2.64. The van der Waals surface area contributed by atoms with Crippen molar-refractivity contribution in [1.82, 2.24) is 15.6 Å². The van der Waals surface area contributed by atoms with Crippen LogP contribution in [0.5, 0.6) is 0 Å². The fourth-order valence-corrected chi connectivity index (χ4v) is 3.06. The third kappa shape index (κ3) is 4.02. The lowest BCUT2D eigenvalue weighted by Gasteiger charge is -2.21. The molecule has 0 spiro atoms. The zero-order valence-corrected chi connectivity index (χ0v) is 13.5. The maximum atomic E-state index is 12.0. The zero-order chi connectivity index (χ0) is 14.5. The number of aromatic nitrogens is 1. The van der Waals surface area contributed by atoms with Gasteiger partial charge in [0, 0.05) is 29.6 Å². The molecular weight excluding hydrogens is 298 g/mol. The molecule has 4 nitrogen and oxygen atoms in total. The summed E-state index contributed by atoms with van der Waals surface area (Å²) in [6.45, 7) is 2.70. The van der Waals surface area contributed by atoms with Gasteiger partial charge < -0.3 is 15.6 Å². The van der Waals surface area contributed by atoms with Gasteiger partial charge in [0.05, 0.1) is 0 Å². The Bertz CT molecular complexity index is 605. The van der Waals surface area contributed by atoms with Crippen molar-refractivity contribution in [2.45, 2.75) is 25.7 Å². The van der Waals surface area contributed by atoms with Crippen molar-refractivity contribution in [2.75, 3.05) is 19.6 Å². The number of carbonyl (C=O) groups is 1. The Labute approximate surface area is 137 Å². The van der Waals surface area contributed by atoms with Crippen LogP contribution in [0.3, 0.4) is 0 Å². The predicted molar refractivity (Wildman–Crippen MR) is 92.5 cm³/mol. The van der Waals surface area contributed by atoms with E-state index in [1.165, 1.54) is 16.5 Å². The number of H-pyrrole nitrogens is 1. The van der Waals surface area contributed by atoms with Gasteiger partial charge in [-0.1, -0.05) is 18.2 Å². The fourth-order valence-electron chi connectivity index (χ4n) is 3.06. The normalized spacial score (nSPS) is 15.5.